The van der Waals surface area contributed by atoms with Crippen LogP contribution in [0.3, 0.4) is 0 Å². The van der Waals surface area contributed by atoms with E-state index in [2.05, 4.69) is 77.5 Å². The highest BCUT2D eigenvalue weighted by molar-refractivity contribution is 7.96. The molecule has 0 heterocycles. The third-order valence-corrected chi connectivity index (χ3v) is 23.3. The van der Waals surface area contributed by atoms with Gasteiger partial charge in [0.05, 0.1) is 38.5 Å². The molecule has 0 aliphatic carbocycles. The van der Waals surface area contributed by atoms with Crippen molar-refractivity contribution in [3.63, 3.8) is 0 Å². The molecule has 0 saturated heterocycles. The third kappa shape index (κ3) is 14.8. The maximum Gasteiger partial charge on any atom is 0.416 e. The van der Waals surface area contributed by atoms with E-state index in [9.17, 15) is 54.4 Å². The fourth-order valence-corrected chi connectivity index (χ4v) is 18.8. The molecule has 9 rings (SSSR count). The molecule has 80 heavy (non-hydrogen) atoms. The van der Waals surface area contributed by atoms with Crippen LogP contribution in [0.4, 0.5) is 26.3 Å². The Kier molecular flexibility index (Phi) is 20.7. The van der Waals surface area contributed by atoms with Gasteiger partial charge in [-0.05, 0) is 103 Å². The van der Waals surface area contributed by atoms with E-state index >= 15 is 0 Å². The molecule has 7 nitrogen and oxygen atoms in total. The van der Waals surface area contributed by atoms with E-state index in [0.717, 1.165) is 31.8 Å². The van der Waals surface area contributed by atoms with Crippen LogP contribution in [-0.4, -0.2) is 52.1 Å². The molecule has 0 aliphatic rings. The topological polar surface area (TPSA) is 124 Å². The molecule has 0 aliphatic heterocycles. The number of hydrogen-bond acceptors (Lipinski definition) is 7. The zero-order valence-electron chi connectivity index (χ0n) is 43.0. The second-order valence-electron chi connectivity index (χ2n) is 17.8. The van der Waals surface area contributed by atoms with Crippen molar-refractivity contribution in [2.75, 3.05) is 24.8 Å². The number of ketones is 2. The van der Waals surface area contributed by atoms with Gasteiger partial charge in [0.2, 0.25) is 11.6 Å². The molecule has 2 atom stereocenters. The first kappa shape index (κ1) is 60.5. The van der Waals surface area contributed by atoms with Crippen LogP contribution in [-0.2, 0) is 34.0 Å². The summed E-state index contributed by atoms with van der Waals surface area (Å²) in [6.45, 7) is 0. The van der Waals surface area contributed by atoms with Crippen LogP contribution in [0.2, 0.25) is 0 Å². The SMILES string of the molecule is CS(=O)c1ccccc1C(=O)C[P+](c1ccccc1)(c1ccccc1)c1ccccc1.CS(=O)c1ccccc1C(=O)C[P+](c1ccccc1)(c1ccccc1)c1ccccc1.[O-]B([O-])Oc1cc(C(F)(F)F)cc(C(F)(F)F)c1. The first-order chi connectivity index (χ1) is 38.2. The van der Waals surface area contributed by atoms with Crippen molar-refractivity contribution in [3.8, 4) is 5.75 Å². The molecular formula is C62H51BF6O7P2S2. The number of alkyl halides is 6. The minimum atomic E-state index is -5.05. The smallest absolute Gasteiger partial charge is 0.416 e. The van der Waals surface area contributed by atoms with Crippen molar-refractivity contribution in [2.24, 2.45) is 0 Å². The van der Waals surface area contributed by atoms with Crippen LogP contribution in [0.25, 0.3) is 0 Å². The predicted molar refractivity (Wildman–Crippen MR) is 309 cm³/mol. The van der Waals surface area contributed by atoms with Crippen LogP contribution in [0.5, 0.6) is 5.75 Å². The van der Waals surface area contributed by atoms with Crippen LogP contribution >= 0.6 is 14.5 Å². The molecule has 0 amide bonds. The first-order valence-electron chi connectivity index (χ1n) is 24.5. The maximum absolute atomic E-state index is 13.8. The predicted octanol–water partition coefficient (Wildman–Crippen LogP) is 10.0. The fraction of sp³-hybridized carbons (Fsp3) is 0.0968. The van der Waals surface area contributed by atoms with Gasteiger partial charge < -0.3 is 14.7 Å². The number of rotatable bonds is 16. The molecular weight excluding hydrogens is 1110 g/mol. The summed E-state index contributed by atoms with van der Waals surface area (Å²) in [6.07, 6.45) is -6.17. The second kappa shape index (κ2) is 27.3. The number of carbonyl (C=O) groups excluding carboxylic acids is 2. The van der Waals surface area contributed by atoms with Gasteiger partial charge in [-0.25, -0.2) is 0 Å². The summed E-state index contributed by atoms with van der Waals surface area (Å²) >= 11 is 0. The summed E-state index contributed by atoms with van der Waals surface area (Å²) in [4.78, 5) is 28.8. The Morgan fingerprint density at radius 3 is 0.875 bits per heavy atom. The minimum Gasteiger partial charge on any atom is -0.860 e. The van der Waals surface area contributed by atoms with Crippen molar-refractivity contribution in [3.05, 3.63) is 271 Å². The Bertz CT molecular complexity index is 3110. The maximum atomic E-state index is 13.8. The highest BCUT2D eigenvalue weighted by Crippen LogP contribution is 2.57. The quantitative estimate of drug-likeness (QED) is 0.0409. The third-order valence-electron chi connectivity index (χ3n) is 12.7. The number of carbonyl (C=O) groups is 2. The second-order valence-corrected chi connectivity index (χ2v) is 27.5. The lowest BCUT2D eigenvalue weighted by Gasteiger charge is -2.27. The Labute approximate surface area is 467 Å². The molecule has 9 aromatic carbocycles. The summed E-state index contributed by atoms with van der Waals surface area (Å²) in [5.41, 5.74) is -2.22. The van der Waals surface area contributed by atoms with E-state index in [1.165, 1.54) is 0 Å². The number of halogens is 6. The van der Waals surface area contributed by atoms with Gasteiger partial charge in [0.1, 0.15) is 66.0 Å². The molecule has 0 aromatic heterocycles. The molecule has 18 heteroatoms. The monoisotopic (exact) mass is 1160 g/mol. The van der Waals surface area contributed by atoms with Gasteiger partial charge in [0.15, 0.2) is 0 Å². The van der Waals surface area contributed by atoms with Gasteiger partial charge >= 0.3 is 12.4 Å². The molecule has 0 radical (unpaired) electrons. The largest absolute Gasteiger partial charge is 0.860 e. The van der Waals surface area contributed by atoms with E-state index in [4.69, 9.17) is 0 Å². The summed E-state index contributed by atoms with van der Waals surface area (Å²) in [5, 5.41) is 27.1. The standard InChI is InChI=1S/2C27H24O2PS.C8H3BF6O3/c2*1-31(29)27-20-12-11-19-25(27)26(28)21-30(22-13-5-2-6-14-22,23-15-7-3-8-16-23)24-17-9-4-10-18-24;10-7(11,12)4-1-5(8(13,14)15)3-6(2-4)18-9(16)17/h2*2-20H,21H2,1H3;1-3H/q2*+1;-2. The Balaban J connectivity index is 0.000000180. The van der Waals surface area contributed by atoms with Gasteiger partial charge in [-0.15, -0.1) is 0 Å². The molecule has 0 saturated carbocycles. The van der Waals surface area contributed by atoms with Crippen molar-refractivity contribution in [1.29, 1.82) is 0 Å². The minimum absolute atomic E-state index is 0.0238. The van der Waals surface area contributed by atoms with E-state index < -0.39 is 72.7 Å². The van der Waals surface area contributed by atoms with E-state index in [-0.39, 0.29) is 29.8 Å². The van der Waals surface area contributed by atoms with E-state index in [1.807, 2.05) is 133 Å². The highest BCUT2D eigenvalue weighted by Gasteiger charge is 2.49. The molecule has 2 unspecified atom stereocenters. The lowest BCUT2D eigenvalue weighted by atomic mass is 10.1. The van der Waals surface area contributed by atoms with Crippen LogP contribution < -0.4 is 46.5 Å². The lowest BCUT2D eigenvalue weighted by Crippen LogP contribution is -2.50. The average molecular weight is 1160 g/mol. The summed E-state index contributed by atoms with van der Waals surface area (Å²) < 4.78 is 102. The average Bonchev–Trinajstić information content (AvgIpc) is 3.66. The van der Waals surface area contributed by atoms with E-state index in [0.29, 0.717) is 33.2 Å². The van der Waals surface area contributed by atoms with Crippen molar-refractivity contribution in [1.82, 2.24) is 0 Å². The molecule has 9 aromatic rings. The Hall–Kier alpha value is -7.16. The molecule has 0 bridgehead atoms. The summed E-state index contributed by atoms with van der Waals surface area (Å²) in [6, 6.07) is 76.7. The molecule has 0 N–H and O–H groups in total. The molecule has 408 valence electrons. The lowest BCUT2D eigenvalue weighted by molar-refractivity contribution is -0.372. The van der Waals surface area contributed by atoms with Gasteiger partial charge in [-0.2, -0.15) is 26.3 Å². The summed E-state index contributed by atoms with van der Waals surface area (Å²) in [5.74, 6) is -1.03. The molecule has 0 fully saturated rings. The molecule has 0 spiro atoms. The first-order valence-corrected chi connectivity index (χ1v) is 31.6. The van der Waals surface area contributed by atoms with Crippen LogP contribution in [0.15, 0.2) is 259 Å². The van der Waals surface area contributed by atoms with Gasteiger partial charge in [-0.1, -0.05) is 146 Å². The van der Waals surface area contributed by atoms with Crippen LogP contribution in [0.1, 0.15) is 31.8 Å². The highest BCUT2D eigenvalue weighted by atomic mass is 32.2. The van der Waals surface area contributed by atoms with Crippen molar-refractivity contribution in [2.45, 2.75) is 22.1 Å². The summed E-state index contributed by atoms with van der Waals surface area (Å²) in [7, 11) is -10.0. The number of Topliss-reactive ketones (excluding diaryl/α,β-unsaturated/α-hetero) is 2. The zero-order chi connectivity index (χ0) is 57.5. The van der Waals surface area contributed by atoms with Crippen molar-refractivity contribution >= 4 is 86.8 Å². The Morgan fingerprint density at radius 2 is 0.650 bits per heavy atom. The van der Waals surface area contributed by atoms with Crippen LogP contribution in [0, 0.1) is 0 Å². The number of benzene rings is 9. The normalized spacial score (nSPS) is 12.3. The van der Waals surface area contributed by atoms with Crippen molar-refractivity contribution < 1.29 is 59.1 Å². The Morgan fingerprint density at radius 1 is 0.412 bits per heavy atom. The zero-order valence-corrected chi connectivity index (χ0v) is 46.4. The van der Waals surface area contributed by atoms with Gasteiger partial charge in [0, 0.05) is 33.4 Å². The number of hydrogen-bond donors (Lipinski definition) is 0. The fourth-order valence-electron chi connectivity index (χ4n) is 9.14. The van der Waals surface area contributed by atoms with Gasteiger partial charge in [-0.3, -0.25) is 18.0 Å². The van der Waals surface area contributed by atoms with E-state index in [1.54, 1.807) is 36.8 Å². The van der Waals surface area contributed by atoms with Gasteiger partial charge in [0.25, 0.3) is 0 Å².